The number of carboxylic acids is 1. The van der Waals surface area contributed by atoms with Crippen molar-refractivity contribution in [1.29, 1.82) is 0 Å². The van der Waals surface area contributed by atoms with Gasteiger partial charge in [-0.3, -0.25) is 0 Å². The fourth-order valence-corrected chi connectivity index (χ4v) is 2.45. The maximum absolute atomic E-state index is 11.7. The molecular weight excluding hydrogens is 292 g/mol. The molecule has 21 heavy (non-hydrogen) atoms. The van der Waals surface area contributed by atoms with E-state index in [-0.39, 0.29) is 17.0 Å². The summed E-state index contributed by atoms with van der Waals surface area (Å²) in [5, 5.41) is 25.4. The van der Waals surface area contributed by atoms with Gasteiger partial charge >= 0.3 is 12.0 Å². The monoisotopic (exact) mass is 306 g/mol. The average Bonchev–Trinajstić information content (AvgIpc) is 2.94. The third-order valence-corrected chi connectivity index (χ3v) is 3.65. The second kappa shape index (κ2) is 6.76. The Morgan fingerprint density at radius 3 is 2.71 bits per heavy atom. The molecule has 0 aliphatic carbocycles. The van der Waals surface area contributed by atoms with E-state index in [1.165, 1.54) is 12.1 Å². The first kappa shape index (κ1) is 14.9. The zero-order valence-corrected chi connectivity index (χ0v) is 11.8. The molecule has 0 aliphatic rings. The van der Waals surface area contributed by atoms with Gasteiger partial charge in [-0.25, -0.2) is 9.59 Å². The third kappa shape index (κ3) is 4.22. The smallest absolute Gasteiger partial charge is 0.337 e. The zero-order chi connectivity index (χ0) is 15.2. The van der Waals surface area contributed by atoms with Crippen LogP contribution in [0, 0.1) is 0 Å². The van der Waals surface area contributed by atoms with Gasteiger partial charge < -0.3 is 20.8 Å². The minimum Gasteiger partial charge on any atom is -0.508 e. The van der Waals surface area contributed by atoms with E-state index < -0.39 is 12.0 Å². The summed E-state index contributed by atoms with van der Waals surface area (Å²) in [4.78, 5) is 23.9. The number of nitrogens with one attached hydrogen (secondary N) is 2. The lowest BCUT2D eigenvalue weighted by Gasteiger charge is -2.10. The molecule has 0 fully saturated rings. The summed E-state index contributed by atoms with van der Waals surface area (Å²) in [5.74, 6) is -1.39. The number of benzene rings is 1. The summed E-state index contributed by atoms with van der Waals surface area (Å²) in [6, 6.07) is 7.18. The van der Waals surface area contributed by atoms with Gasteiger partial charge in [-0.2, -0.15) is 0 Å². The van der Waals surface area contributed by atoms with Crippen LogP contribution in [0.5, 0.6) is 5.75 Å². The number of aromatic carboxylic acids is 1. The first-order chi connectivity index (χ1) is 10.1. The van der Waals surface area contributed by atoms with Crippen molar-refractivity contribution in [2.75, 3.05) is 11.9 Å². The van der Waals surface area contributed by atoms with Gasteiger partial charge in [0.05, 0.1) is 11.3 Å². The molecule has 0 atom stereocenters. The summed E-state index contributed by atoms with van der Waals surface area (Å²) in [6.07, 6.45) is 0.715. The van der Waals surface area contributed by atoms with Gasteiger partial charge in [0.1, 0.15) is 5.75 Å². The molecule has 4 N–H and O–H groups in total. The molecular formula is C14H14N2O4S. The Labute approximate surface area is 125 Å². The number of urea groups is 1. The molecule has 2 rings (SSSR count). The number of carboxylic acid groups (broad SMARTS) is 1. The number of carbonyl (C=O) groups is 2. The number of phenolic OH excluding ortho intramolecular Hbond substituents is 1. The van der Waals surface area contributed by atoms with Crippen LogP contribution in [-0.2, 0) is 6.42 Å². The van der Waals surface area contributed by atoms with Crippen molar-refractivity contribution in [3.8, 4) is 5.75 Å². The van der Waals surface area contributed by atoms with Crippen LogP contribution < -0.4 is 10.6 Å². The highest BCUT2D eigenvalue weighted by Crippen LogP contribution is 2.21. The fourth-order valence-electron chi connectivity index (χ4n) is 1.74. The summed E-state index contributed by atoms with van der Waals surface area (Å²) in [5.41, 5.74) is -0.0302. The SMILES string of the molecule is O=C(NCCc1cccs1)Nc1ccc(O)cc1C(=O)O. The molecule has 110 valence electrons. The molecule has 1 aromatic heterocycles. The van der Waals surface area contributed by atoms with Crippen molar-refractivity contribution in [1.82, 2.24) is 5.32 Å². The van der Waals surface area contributed by atoms with Crippen LogP contribution in [0.4, 0.5) is 10.5 Å². The Bertz CT molecular complexity index is 640. The molecule has 1 heterocycles. The van der Waals surface area contributed by atoms with Crippen molar-refractivity contribution in [3.63, 3.8) is 0 Å². The number of carbonyl (C=O) groups excluding carboxylic acids is 1. The van der Waals surface area contributed by atoms with Gasteiger partial charge in [0.2, 0.25) is 0 Å². The molecule has 7 heteroatoms. The number of phenols is 1. The third-order valence-electron chi connectivity index (χ3n) is 2.72. The molecule has 0 aliphatic heterocycles. The van der Waals surface area contributed by atoms with Crippen molar-refractivity contribution in [2.24, 2.45) is 0 Å². The first-order valence-electron chi connectivity index (χ1n) is 6.20. The Kier molecular flexibility index (Phi) is 4.78. The largest absolute Gasteiger partial charge is 0.508 e. The zero-order valence-electron chi connectivity index (χ0n) is 11.0. The van der Waals surface area contributed by atoms with E-state index in [0.717, 1.165) is 10.9 Å². The van der Waals surface area contributed by atoms with Gasteiger partial charge in [0.15, 0.2) is 0 Å². The molecule has 2 aromatic rings. The predicted octanol–water partition coefficient (Wildman–Crippen LogP) is 2.52. The van der Waals surface area contributed by atoms with Crippen LogP contribution >= 0.6 is 11.3 Å². The lowest BCUT2D eigenvalue weighted by Crippen LogP contribution is -2.30. The molecule has 1 aromatic carbocycles. The molecule has 0 radical (unpaired) electrons. The normalized spacial score (nSPS) is 10.1. The van der Waals surface area contributed by atoms with E-state index in [2.05, 4.69) is 10.6 Å². The fraction of sp³-hybridized carbons (Fsp3) is 0.143. The first-order valence-corrected chi connectivity index (χ1v) is 7.08. The van der Waals surface area contributed by atoms with Gasteiger partial charge in [0.25, 0.3) is 0 Å². The van der Waals surface area contributed by atoms with Crippen molar-refractivity contribution in [2.45, 2.75) is 6.42 Å². The van der Waals surface area contributed by atoms with Gasteiger partial charge in [0, 0.05) is 11.4 Å². The molecule has 0 saturated carbocycles. The van der Waals surface area contributed by atoms with E-state index in [1.54, 1.807) is 11.3 Å². The number of hydrogen-bond acceptors (Lipinski definition) is 4. The van der Waals surface area contributed by atoms with E-state index >= 15 is 0 Å². The number of thiophene rings is 1. The van der Waals surface area contributed by atoms with Crippen LogP contribution in [-0.4, -0.2) is 28.8 Å². The molecule has 0 saturated heterocycles. The van der Waals surface area contributed by atoms with Crippen LogP contribution in [0.3, 0.4) is 0 Å². The van der Waals surface area contributed by atoms with Crippen LogP contribution in [0.15, 0.2) is 35.7 Å². The lowest BCUT2D eigenvalue weighted by atomic mass is 10.1. The summed E-state index contributed by atoms with van der Waals surface area (Å²) >= 11 is 1.61. The molecule has 6 nitrogen and oxygen atoms in total. The van der Waals surface area contributed by atoms with Crippen LogP contribution in [0.1, 0.15) is 15.2 Å². The molecule has 0 unspecified atom stereocenters. The average molecular weight is 306 g/mol. The highest BCUT2D eigenvalue weighted by Gasteiger charge is 2.13. The van der Waals surface area contributed by atoms with Gasteiger partial charge in [-0.15, -0.1) is 11.3 Å². The lowest BCUT2D eigenvalue weighted by molar-refractivity contribution is 0.0697. The van der Waals surface area contributed by atoms with Crippen molar-refractivity contribution >= 4 is 29.0 Å². The Morgan fingerprint density at radius 2 is 2.05 bits per heavy atom. The number of amides is 2. The van der Waals surface area contributed by atoms with Crippen molar-refractivity contribution < 1.29 is 19.8 Å². The van der Waals surface area contributed by atoms with E-state index in [0.29, 0.717) is 13.0 Å². The highest BCUT2D eigenvalue weighted by atomic mass is 32.1. The Morgan fingerprint density at radius 1 is 1.24 bits per heavy atom. The van der Waals surface area contributed by atoms with Gasteiger partial charge in [-0.05, 0) is 36.1 Å². The maximum atomic E-state index is 11.7. The number of aromatic hydroxyl groups is 1. The van der Waals surface area contributed by atoms with E-state index in [4.69, 9.17) is 5.11 Å². The standard InChI is InChI=1S/C14H14N2O4S/c17-9-3-4-12(11(8-9)13(18)19)16-14(20)15-6-5-10-2-1-7-21-10/h1-4,7-8,17H,5-6H2,(H,18,19)(H2,15,16,20). The predicted molar refractivity (Wildman–Crippen MR) is 80.1 cm³/mol. The summed E-state index contributed by atoms with van der Waals surface area (Å²) < 4.78 is 0. The Balaban J connectivity index is 1.92. The summed E-state index contributed by atoms with van der Waals surface area (Å²) in [7, 11) is 0. The molecule has 0 spiro atoms. The number of rotatable bonds is 5. The summed E-state index contributed by atoms with van der Waals surface area (Å²) in [6.45, 7) is 0.451. The number of hydrogen-bond donors (Lipinski definition) is 4. The van der Waals surface area contributed by atoms with Gasteiger partial charge in [-0.1, -0.05) is 6.07 Å². The molecule has 2 amide bonds. The van der Waals surface area contributed by atoms with Crippen molar-refractivity contribution in [3.05, 3.63) is 46.2 Å². The van der Waals surface area contributed by atoms with E-state index in [9.17, 15) is 14.7 Å². The topological polar surface area (TPSA) is 98.7 Å². The number of anilines is 1. The highest BCUT2D eigenvalue weighted by molar-refractivity contribution is 7.09. The Hall–Kier alpha value is -2.54. The van der Waals surface area contributed by atoms with Crippen LogP contribution in [0.25, 0.3) is 0 Å². The van der Waals surface area contributed by atoms with Crippen LogP contribution in [0.2, 0.25) is 0 Å². The maximum Gasteiger partial charge on any atom is 0.337 e. The van der Waals surface area contributed by atoms with E-state index in [1.807, 2.05) is 17.5 Å². The molecule has 0 bridgehead atoms. The second-order valence-corrected chi connectivity index (χ2v) is 5.28. The second-order valence-electron chi connectivity index (χ2n) is 4.25. The minimum atomic E-state index is -1.22. The quantitative estimate of drug-likeness (QED) is 0.638. The minimum absolute atomic E-state index is 0.133.